The van der Waals surface area contributed by atoms with Crippen molar-refractivity contribution in [2.45, 2.75) is 26.3 Å². The Bertz CT molecular complexity index is 912. The lowest BCUT2D eigenvalue weighted by molar-refractivity contribution is -0.120. The van der Waals surface area contributed by atoms with E-state index < -0.39 is 0 Å². The van der Waals surface area contributed by atoms with Crippen molar-refractivity contribution in [3.05, 3.63) is 59.4 Å². The minimum Gasteiger partial charge on any atom is -0.493 e. The molecular formula is C21H23N3O3S. The zero-order valence-corrected chi connectivity index (χ0v) is 16.8. The highest BCUT2D eigenvalue weighted by Crippen LogP contribution is 2.28. The second-order valence-corrected chi connectivity index (χ2v) is 7.03. The van der Waals surface area contributed by atoms with Crippen LogP contribution in [-0.2, 0) is 17.8 Å². The second-order valence-electron chi connectivity index (χ2n) is 6.17. The number of methoxy groups -OCH3 is 1. The third kappa shape index (κ3) is 5.29. The summed E-state index contributed by atoms with van der Waals surface area (Å²) >= 11 is 1.51. The molecule has 28 heavy (non-hydrogen) atoms. The molecule has 1 aromatic carbocycles. The van der Waals surface area contributed by atoms with Crippen molar-refractivity contribution in [2.24, 2.45) is 0 Å². The zero-order valence-electron chi connectivity index (χ0n) is 16.0. The number of carbonyl (C=O) groups is 1. The molecule has 0 atom stereocenters. The van der Waals surface area contributed by atoms with Crippen LogP contribution in [0.15, 0.2) is 48.1 Å². The van der Waals surface area contributed by atoms with E-state index in [-0.39, 0.29) is 12.3 Å². The third-order valence-corrected chi connectivity index (χ3v) is 4.92. The molecule has 0 radical (unpaired) electrons. The van der Waals surface area contributed by atoms with E-state index in [1.165, 1.54) is 11.3 Å². The fourth-order valence-electron chi connectivity index (χ4n) is 2.59. The first-order valence-electron chi connectivity index (χ1n) is 9.10. The lowest BCUT2D eigenvalue weighted by atomic mass is 10.2. The van der Waals surface area contributed by atoms with E-state index >= 15 is 0 Å². The number of nitrogens with zero attached hydrogens (tertiary/aromatic N) is 2. The predicted octanol–water partition coefficient (Wildman–Crippen LogP) is 3.86. The highest BCUT2D eigenvalue weighted by atomic mass is 32.1. The van der Waals surface area contributed by atoms with Crippen LogP contribution in [0.4, 0.5) is 0 Å². The van der Waals surface area contributed by atoms with Crippen molar-refractivity contribution in [3.63, 3.8) is 0 Å². The molecule has 3 rings (SSSR count). The molecule has 146 valence electrons. The third-order valence-electron chi connectivity index (χ3n) is 3.98. The van der Waals surface area contributed by atoms with Crippen molar-refractivity contribution in [2.75, 3.05) is 13.7 Å². The molecule has 2 aromatic heterocycles. The molecule has 0 bridgehead atoms. The Morgan fingerprint density at radius 3 is 2.89 bits per heavy atom. The first-order valence-corrected chi connectivity index (χ1v) is 9.98. The van der Waals surface area contributed by atoms with Gasteiger partial charge in [0.2, 0.25) is 5.91 Å². The molecule has 1 amide bonds. The first-order chi connectivity index (χ1) is 13.7. The summed E-state index contributed by atoms with van der Waals surface area (Å²) in [6.45, 7) is 3.11. The molecule has 0 saturated carbocycles. The van der Waals surface area contributed by atoms with Crippen LogP contribution >= 0.6 is 11.3 Å². The minimum atomic E-state index is -0.0756. The summed E-state index contributed by atoms with van der Waals surface area (Å²) in [4.78, 5) is 20.9. The lowest BCUT2D eigenvalue weighted by Gasteiger charge is -2.12. The number of thiazole rings is 1. The van der Waals surface area contributed by atoms with Crippen LogP contribution in [0.1, 0.15) is 24.6 Å². The van der Waals surface area contributed by atoms with Crippen molar-refractivity contribution >= 4 is 17.2 Å². The van der Waals surface area contributed by atoms with Gasteiger partial charge in [0.1, 0.15) is 5.01 Å². The number of benzene rings is 1. The van der Waals surface area contributed by atoms with Gasteiger partial charge in [-0.1, -0.05) is 13.0 Å². The second kappa shape index (κ2) is 9.85. The number of hydrogen-bond acceptors (Lipinski definition) is 6. The zero-order chi connectivity index (χ0) is 19.8. The van der Waals surface area contributed by atoms with Gasteiger partial charge >= 0.3 is 0 Å². The van der Waals surface area contributed by atoms with Crippen LogP contribution in [0, 0.1) is 0 Å². The van der Waals surface area contributed by atoms with E-state index in [1.54, 1.807) is 19.5 Å². The molecule has 2 heterocycles. The molecule has 0 spiro atoms. The number of rotatable bonds is 9. The van der Waals surface area contributed by atoms with E-state index in [0.29, 0.717) is 24.7 Å². The molecule has 0 aliphatic heterocycles. The summed E-state index contributed by atoms with van der Waals surface area (Å²) in [5.41, 5.74) is 2.65. The molecular weight excluding hydrogens is 374 g/mol. The molecule has 3 aromatic rings. The molecule has 0 fully saturated rings. The van der Waals surface area contributed by atoms with Gasteiger partial charge in [0.15, 0.2) is 11.5 Å². The van der Waals surface area contributed by atoms with Crippen LogP contribution in [-0.4, -0.2) is 29.6 Å². The molecule has 6 nitrogen and oxygen atoms in total. The molecule has 0 saturated heterocycles. The average Bonchev–Trinajstić information content (AvgIpc) is 3.20. The minimum absolute atomic E-state index is 0.0756. The summed E-state index contributed by atoms with van der Waals surface area (Å²) in [6, 6.07) is 9.51. The Labute approximate surface area is 168 Å². The largest absolute Gasteiger partial charge is 0.493 e. The Balaban J connectivity index is 1.55. The number of ether oxygens (including phenoxy) is 2. The summed E-state index contributed by atoms with van der Waals surface area (Å²) in [5.74, 6) is 1.30. The Hall–Kier alpha value is -2.93. The van der Waals surface area contributed by atoms with Crippen molar-refractivity contribution < 1.29 is 14.3 Å². The maximum absolute atomic E-state index is 12.3. The number of carbonyl (C=O) groups excluding carboxylic acids is 1. The summed E-state index contributed by atoms with van der Waals surface area (Å²) in [6.07, 6.45) is 4.67. The van der Waals surface area contributed by atoms with E-state index in [0.717, 1.165) is 28.2 Å². The summed E-state index contributed by atoms with van der Waals surface area (Å²) < 4.78 is 11.0. The molecule has 0 unspecified atom stereocenters. The van der Waals surface area contributed by atoms with Crippen molar-refractivity contribution in [1.82, 2.24) is 15.3 Å². The SMILES string of the molecule is CCCOc1ccc(CNC(=O)Cc2csc(-c3cccnc3)n2)cc1OC. The van der Waals surface area contributed by atoms with Gasteiger partial charge in [0, 0.05) is 29.9 Å². The summed E-state index contributed by atoms with van der Waals surface area (Å²) in [7, 11) is 1.61. The van der Waals surface area contributed by atoms with Crippen LogP contribution in [0.5, 0.6) is 11.5 Å². The Morgan fingerprint density at radius 2 is 2.14 bits per heavy atom. The molecule has 1 N–H and O–H groups in total. The van der Waals surface area contributed by atoms with Gasteiger partial charge in [-0.25, -0.2) is 4.98 Å². The van der Waals surface area contributed by atoms with Gasteiger partial charge in [-0.2, -0.15) is 0 Å². The standard InChI is InChI=1S/C21H23N3O3S/c1-3-9-27-18-7-6-15(10-19(18)26-2)12-23-20(25)11-17-14-28-21(24-17)16-5-4-8-22-13-16/h4-8,10,13-14H,3,9,11-12H2,1-2H3,(H,23,25). The topological polar surface area (TPSA) is 73.3 Å². The average molecular weight is 398 g/mol. The number of nitrogens with one attached hydrogen (secondary N) is 1. The van der Waals surface area contributed by atoms with Gasteiger partial charge < -0.3 is 14.8 Å². The number of amides is 1. The van der Waals surface area contributed by atoms with Gasteiger partial charge in [-0.3, -0.25) is 9.78 Å². The van der Waals surface area contributed by atoms with Crippen LogP contribution < -0.4 is 14.8 Å². The lowest BCUT2D eigenvalue weighted by Crippen LogP contribution is -2.24. The first kappa shape index (κ1) is 19.8. The van der Waals surface area contributed by atoms with Crippen LogP contribution in [0.25, 0.3) is 10.6 Å². The van der Waals surface area contributed by atoms with E-state index in [9.17, 15) is 4.79 Å². The maximum Gasteiger partial charge on any atom is 0.226 e. The molecule has 7 heteroatoms. The molecule has 0 aliphatic rings. The highest BCUT2D eigenvalue weighted by molar-refractivity contribution is 7.13. The van der Waals surface area contributed by atoms with Crippen LogP contribution in [0.3, 0.4) is 0 Å². The fraction of sp³-hybridized carbons (Fsp3) is 0.286. The summed E-state index contributed by atoms with van der Waals surface area (Å²) in [5, 5.41) is 5.70. The molecule has 0 aliphatic carbocycles. The van der Waals surface area contributed by atoms with E-state index in [1.807, 2.05) is 35.7 Å². The predicted molar refractivity (Wildman–Crippen MR) is 110 cm³/mol. The van der Waals surface area contributed by atoms with E-state index in [2.05, 4.69) is 22.2 Å². The van der Waals surface area contributed by atoms with Crippen molar-refractivity contribution in [3.8, 4) is 22.1 Å². The van der Waals surface area contributed by atoms with E-state index in [4.69, 9.17) is 9.47 Å². The van der Waals surface area contributed by atoms with Gasteiger partial charge in [-0.05, 0) is 36.2 Å². The van der Waals surface area contributed by atoms with Gasteiger partial charge in [0.25, 0.3) is 0 Å². The van der Waals surface area contributed by atoms with Gasteiger partial charge in [-0.15, -0.1) is 11.3 Å². The highest BCUT2D eigenvalue weighted by Gasteiger charge is 2.10. The quantitative estimate of drug-likeness (QED) is 0.593. The smallest absolute Gasteiger partial charge is 0.226 e. The number of aromatic nitrogens is 2. The van der Waals surface area contributed by atoms with Gasteiger partial charge in [0.05, 0.1) is 25.8 Å². The van der Waals surface area contributed by atoms with Crippen molar-refractivity contribution in [1.29, 1.82) is 0 Å². The monoisotopic (exact) mass is 397 g/mol. The number of pyridine rings is 1. The maximum atomic E-state index is 12.3. The fourth-order valence-corrected chi connectivity index (χ4v) is 3.40. The number of hydrogen-bond donors (Lipinski definition) is 1. The normalized spacial score (nSPS) is 10.5. The Kier molecular flexibility index (Phi) is 6.97. The Morgan fingerprint density at radius 1 is 1.25 bits per heavy atom. The van der Waals surface area contributed by atoms with Crippen LogP contribution in [0.2, 0.25) is 0 Å².